The number of nitrogens with zero attached hydrogens (tertiary/aromatic N) is 8. The fourth-order valence-corrected chi connectivity index (χ4v) is 19.7. The highest BCUT2D eigenvalue weighted by Crippen LogP contribution is 2.51. The van der Waals surface area contributed by atoms with Crippen LogP contribution in [-0.2, 0) is 3.48 Å². The van der Waals surface area contributed by atoms with E-state index in [2.05, 4.69) is 83.3 Å². The molecule has 4 aromatic carbocycles. The molecule has 0 amide bonds. The van der Waals surface area contributed by atoms with Gasteiger partial charge in [0.05, 0.1) is 96.7 Å². The Bertz CT molecular complexity index is 3510. The first-order valence-corrected chi connectivity index (χ1v) is 38.0. The first-order valence-electron chi connectivity index (χ1n) is 34.0. The first-order chi connectivity index (χ1) is 43.7. The summed E-state index contributed by atoms with van der Waals surface area (Å²) in [6, 6.07) is 18.7. The molecule has 6 aromatic rings. The Hall–Kier alpha value is -6.65. The zero-order valence-electron chi connectivity index (χ0n) is 55.0. The summed E-state index contributed by atoms with van der Waals surface area (Å²) in [4.78, 5) is 35.3. The van der Waals surface area contributed by atoms with Crippen LogP contribution >= 0.6 is 0 Å². The minimum absolute atomic E-state index is 0.414. The number of amidine groups is 4. The molecule has 10 rings (SSSR count). The normalized spacial score (nSPS) is 13.7. The lowest BCUT2D eigenvalue weighted by Gasteiger charge is -2.33. The summed E-state index contributed by atoms with van der Waals surface area (Å²) in [7, 11) is -2.73. The van der Waals surface area contributed by atoms with Crippen LogP contribution in [0.2, 0.25) is 18.1 Å². The summed E-state index contributed by atoms with van der Waals surface area (Å²) in [5.74, 6) is 7.83. The van der Waals surface area contributed by atoms with Crippen LogP contribution < -0.4 is 48.9 Å². The topological polar surface area (TPSA) is 167 Å². The van der Waals surface area contributed by atoms with Crippen molar-refractivity contribution in [3.8, 4) is 46.0 Å². The van der Waals surface area contributed by atoms with E-state index in [9.17, 15) is 0 Å². The van der Waals surface area contributed by atoms with Crippen LogP contribution in [0.15, 0.2) is 78.5 Å². The van der Waals surface area contributed by atoms with Gasteiger partial charge in [-0.2, -0.15) is 0 Å². The maximum absolute atomic E-state index is 8.47. The zero-order valence-corrected chi connectivity index (χ0v) is 57.2. The first kappa shape index (κ1) is 65.3. The van der Waals surface area contributed by atoms with Crippen molar-refractivity contribution in [2.24, 2.45) is 30.0 Å². The van der Waals surface area contributed by atoms with Crippen LogP contribution in [0.1, 0.15) is 201 Å². The predicted octanol–water partition coefficient (Wildman–Crippen LogP) is 16.4. The minimum atomic E-state index is -3.53. The standard InChI is InChI=1S/C64H80N8O8.C6H15OSi.Al/c1-9-17-33-73-41-25-26-42(74-34-18-10-2)50-49(41)57-65-58(50)70-60-53-45(77-37-21-13-5)29-30-46(78-38-22-14-6)54(53)62(67-60)72-64-56-48(80-40-24-16-8)32-31-47(79-39-23-15-7)55(56)63(68-64)71-61-52-44(76-36-20-12-4)28-27-43(75-35-19-11-3)51(52)59(66-61)69-57;1-4-8(7,5-2)6-3;/h25-32H,9-24,33-40H2,1-8H3;4-6H2,1-3H3;/q-2;-1;+3. The molecule has 17 nitrogen and oxygen atoms in total. The fraction of sp³-hybridized carbons (Fsp3) is 0.543. The molecule has 19 heteroatoms. The molecule has 6 bridgehead atoms. The lowest BCUT2D eigenvalue weighted by Crippen LogP contribution is -2.55. The van der Waals surface area contributed by atoms with Gasteiger partial charge in [0, 0.05) is 0 Å². The number of hydrogen-bond acceptors (Lipinski definition) is 15. The van der Waals surface area contributed by atoms with Gasteiger partial charge < -0.3 is 48.5 Å². The third-order valence-electron chi connectivity index (χ3n) is 17.3. The van der Waals surface area contributed by atoms with E-state index in [1.54, 1.807) is 0 Å². The molecule has 89 heavy (non-hydrogen) atoms. The number of rotatable bonds is 37. The number of aliphatic imine (C=N–C) groups is 4. The van der Waals surface area contributed by atoms with Crippen molar-refractivity contribution in [1.82, 2.24) is 7.10 Å². The molecule has 0 aliphatic carbocycles. The van der Waals surface area contributed by atoms with E-state index in [-0.39, 0.29) is 0 Å². The molecule has 0 fully saturated rings. The number of aromatic nitrogens is 2. The molecule has 4 aliphatic heterocycles. The lowest BCUT2D eigenvalue weighted by atomic mass is 10.0. The van der Waals surface area contributed by atoms with Crippen molar-refractivity contribution in [3.63, 3.8) is 0 Å². The van der Waals surface area contributed by atoms with Crippen LogP contribution in [0.3, 0.4) is 0 Å². The molecule has 2 aromatic heterocycles. The predicted molar refractivity (Wildman–Crippen MR) is 363 cm³/mol. The molecule has 0 unspecified atom stereocenters. The summed E-state index contributed by atoms with van der Waals surface area (Å²) in [6.45, 7) is 28.1. The van der Waals surface area contributed by atoms with E-state index in [1.165, 1.54) is 0 Å². The van der Waals surface area contributed by atoms with E-state index in [4.69, 9.17) is 71.3 Å². The molecule has 0 radical (unpaired) electrons. The van der Waals surface area contributed by atoms with Crippen LogP contribution in [0.4, 0.5) is 11.6 Å². The van der Waals surface area contributed by atoms with Gasteiger partial charge in [0.2, 0.25) is 0 Å². The summed E-state index contributed by atoms with van der Waals surface area (Å²) < 4.78 is 68.8. The number of unbranched alkanes of at least 4 members (excludes halogenated alkanes) is 8. The van der Waals surface area contributed by atoms with Gasteiger partial charge in [0.15, 0.2) is 31.7 Å². The molecular weight excluding hydrogens is 1150 g/mol. The summed E-state index contributed by atoms with van der Waals surface area (Å²) in [6.07, 6.45) is 14.3. The van der Waals surface area contributed by atoms with Crippen LogP contribution in [0, 0.1) is 0 Å². The molecule has 0 atom stereocenters. The minimum Gasteiger partial charge on any atom is -0.509 e. The van der Waals surface area contributed by atoms with Crippen molar-refractivity contribution in [3.05, 3.63) is 81.8 Å². The largest absolute Gasteiger partial charge is 0.798 e. The molecule has 476 valence electrons. The van der Waals surface area contributed by atoms with Gasteiger partial charge in [-0.1, -0.05) is 128 Å². The number of benzene rings is 4. The van der Waals surface area contributed by atoms with Crippen molar-refractivity contribution >= 4 is 79.8 Å². The third kappa shape index (κ3) is 13.4. The Labute approximate surface area is 533 Å². The Balaban J connectivity index is 1.52. The number of hydrogen-bond donors (Lipinski definition) is 0. The van der Waals surface area contributed by atoms with Gasteiger partial charge in [-0.25, -0.2) is 30.0 Å². The molecule has 0 saturated heterocycles. The van der Waals surface area contributed by atoms with E-state index in [1.807, 2.05) is 48.5 Å². The Morgan fingerprint density at radius 1 is 0.303 bits per heavy atom. The molecule has 4 aliphatic rings. The second-order valence-corrected chi connectivity index (χ2v) is 30.7. The second-order valence-electron chi connectivity index (χ2n) is 23.6. The van der Waals surface area contributed by atoms with Crippen LogP contribution in [0.25, 0.3) is 21.5 Å². The second kappa shape index (κ2) is 30.9. The molecular formula is C70H95AlN8O9Si. The average Bonchev–Trinajstić information content (AvgIpc) is 1.54. The van der Waals surface area contributed by atoms with Crippen molar-refractivity contribution in [2.75, 3.05) is 52.9 Å². The highest BCUT2D eigenvalue weighted by molar-refractivity contribution is 6.80. The quantitative estimate of drug-likeness (QED) is 0.0272. The summed E-state index contributed by atoms with van der Waals surface area (Å²) in [5.41, 5.74) is 3.85. The van der Waals surface area contributed by atoms with E-state index >= 15 is 0 Å². The summed E-state index contributed by atoms with van der Waals surface area (Å²) in [5, 5.41) is 2.86. The number of ether oxygens (including phenoxy) is 8. The average molecular weight is 1250 g/mol. The van der Waals surface area contributed by atoms with Gasteiger partial charge in [-0.05, 0) is 118 Å². The SMILES string of the molecule is CCCCOc1ccc(OCCCC)c2c1C1=NC2=Nc2c3c(OCCCC)ccc(OCCCC)c3c3[n]2[Al]([O][Si](CC)(CC)CC)[n]2c(c4c(OCCCC)ccc(OCCCC)c4c2=NC2=NC(=N3)c3c(OCCCC)ccc(OCCCC)c32)=N1. The van der Waals surface area contributed by atoms with E-state index in [0.717, 1.165) is 121 Å². The van der Waals surface area contributed by atoms with Gasteiger partial charge in [-0.15, -0.1) is 0 Å². The third-order valence-corrected chi connectivity index (χ3v) is 25.8. The highest BCUT2D eigenvalue weighted by Gasteiger charge is 2.49. The Kier molecular flexibility index (Phi) is 22.7. The van der Waals surface area contributed by atoms with Gasteiger partial charge in [0.25, 0.3) is 0 Å². The highest BCUT2D eigenvalue weighted by atomic mass is 28.4. The maximum atomic E-state index is 8.47. The van der Waals surface area contributed by atoms with Gasteiger partial charge in [0.1, 0.15) is 68.6 Å². The Morgan fingerprint density at radius 2 is 0.551 bits per heavy atom. The van der Waals surface area contributed by atoms with Crippen molar-refractivity contribution < 1.29 is 41.4 Å². The monoisotopic (exact) mass is 1250 g/mol. The van der Waals surface area contributed by atoms with Gasteiger partial charge >= 0.3 is 14.9 Å². The van der Waals surface area contributed by atoms with Crippen molar-refractivity contribution in [1.29, 1.82) is 0 Å². The molecule has 0 saturated carbocycles. The summed E-state index contributed by atoms with van der Waals surface area (Å²) >= 11 is -3.53. The fourth-order valence-electron chi connectivity index (χ4n) is 11.7. The lowest BCUT2D eigenvalue weighted by molar-refractivity contribution is 0.300. The number of fused-ring (bicyclic) bond motifs is 14. The van der Waals surface area contributed by atoms with E-state index in [0.29, 0.717) is 189 Å². The molecule has 6 heterocycles. The maximum Gasteiger partial charge on any atom is 0.798 e. The van der Waals surface area contributed by atoms with Crippen molar-refractivity contribution in [2.45, 2.75) is 197 Å². The Morgan fingerprint density at radius 3 is 0.820 bits per heavy atom. The van der Waals surface area contributed by atoms with E-state index < -0.39 is 23.2 Å². The van der Waals surface area contributed by atoms with Crippen LogP contribution in [-0.4, -0.2) is 107 Å². The zero-order chi connectivity index (χ0) is 62.4. The smallest absolute Gasteiger partial charge is 0.509 e. The molecule has 0 N–H and O–H groups in total. The molecule has 0 spiro atoms. The van der Waals surface area contributed by atoms with Crippen LogP contribution in [0.5, 0.6) is 46.0 Å². The van der Waals surface area contributed by atoms with Gasteiger partial charge in [-0.3, -0.25) is 0 Å².